The van der Waals surface area contributed by atoms with Crippen molar-refractivity contribution in [1.29, 1.82) is 5.26 Å². The number of hydrogen-bond donors (Lipinski definition) is 2. The number of likely N-dealkylation sites (tertiary alicyclic amines) is 1. The van der Waals surface area contributed by atoms with Crippen molar-refractivity contribution >= 4 is 5.69 Å². The van der Waals surface area contributed by atoms with Crippen LogP contribution < -0.4 is 10.2 Å². The summed E-state index contributed by atoms with van der Waals surface area (Å²) in [5, 5.41) is 13.1. The van der Waals surface area contributed by atoms with Gasteiger partial charge in [-0.05, 0) is 17.7 Å². The lowest BCUT2D eigenvalue weighted by Crippen LogP contribution is -3.14. The molecule has 1 fully saturated rings. The monoisotopic (exact) mass is 306 g/mol. The van der Waals surface area contributed by atoms with E-state index >= 15 is 0 Å². The first kappa shape index (κ1) is 15.6. The Morgan fingerprint density at radius 2 is 1.57 bits per heavy atom. The molecule has 3 heteroatoms. The van der Waals surface area contributed by atoms with Gasteiger partial charge in [-0.2, -0.15) is 5.26 Å². The number of hydrogen-bond acceptors (Lipinski definition) is 2. The fraction of sp³-hybridized carbons (Fsp3) is 0.350. The second-order valence-electron chi connectivity index (χ2n) is 6.42. The Morgan fingerprint density at radius 1 is 0.957 bits per heavy atom. The number of anilines is 1. The van der Waals surface area contributed by atoms with Gasteiger partial charge < -0.3 is 10.2 Å². The Bertz CT molecular complexity index is 638. The molecule has 1 saturated heterocycles. The van der Waals surface area contributed by atoms with E-state index in [2.05, 4.69) is 41.7 Å². The first-order chi connectivity index (χ1) is 11.3. The van der Waals surface area contributed by atoms with E-state index in [1.165, 1.54) is 5.56 Å². The van der Waals surface area contributed by atoms with Gasteiger partial charge >= 0.3 is 0 Å². The number of nitriles is 1. The number of quaternary nitrogens is 1. The zero-order chi connectivity index (χ0) is 16.0. The second-order valence-corrected chi connectivity index (χ2v) is 6.42. The largest absolute Gasteiger partial charge is 0.367 e. The van der Waals surface area contributed by atoms with Gasteiger partial charge in [-0.25, -0.2) is 0 Å². The molecule has 2 aromatic rings. The van der Waals surface area contributed by atoms with Gasteiger partial charge in [0.1, 0.15) is 5.54 Å². The molecule has 0 radical (unpaired) electrons. The van der Waals surface area contributed by atoms with E-state index < -0.39 is 5.54 Å². The normalized spacial score (nSPS) is 23.9. The van der Waals surface area contributed by atoms with Crippen molar-refractivity contribution in [2.75, 3.05) is 25.0 Å². The molecule has 23 heavy (non-hydrogen) atoms. The quantitative estimate of drug-likeness (QED) is 0.890. The Balaban J connectivity index is 1.53. The highest BCUT2D eigenvalue weighted by molar-refractivity contribution is 5.47. The number of nitrogens with zero attached hydrogens (tertiary/aromatic N) is 1. The molecule has 1 heterocycles. The summed E-state index contributed by atoms with van der Waals surface area (Å²) in [6, 6.07) is 23.3. The van der Waals surface area contributed by atoms with Gasteiger partial charge in [0.15, 0.2) is 0 Å². The van der Waals surface area contributed by atoms with Gasteiger partial charge in [0.2, 0.25) is 0 Å². The molecule has 0 atom stereocenters. The van der Waals surface area contributed by atoms with E-state index in [4.69, 9.17) is 0 Å². The van der Waals surface area contributed by atoms with Crippen LogP contribution in [0.3, 0.4) is 0 Å². The van der Waals surface area contributed by atoms with Gasteiger partial charge in [0.05, 0.1) is 25.7 Å². The highest BCUT2D eigenvalue weighted by Gasteiger charge is 2.36. The summed E-state index contributed by atoms with van der Waals surface area (Å²) < 4.78 is 0. The summed E-state index contributed by atoms with van der Waals surface area (Å²) in [5.74, 6) is 0. The molecule has 0 saturated carbocycles. The molecule has 2 N–H and O–H groups in total. The standard InChI is InChI=1S/C20H23N3/c21-17-20(22-19-9-5-2-6-10-19)12-15-23(16-13-20)14-11-18-7-3-1-4-8-18/h1-10,22H,11-16H2/p+1. The van der Waals surface area contributed by atoms with Crippen molar-refractivity contribution in [3.05, 3.63) is 66.2 Å². The van der Waals surface area contributed by atoms with Crippen LogP contribution >= 0.6 is 0 Å². The lowest BCUT2D eigenvalue weighted by molar-refractivity contribution is -0.905. The molecule has 0 amide bonds. The van der Waals surface area contributed by atoms with E-state index in [-0.39, 0.29) is 0 Å². The third-order valence-corrected chi connectivity index (χ3v) is 4.79. The Morgan fingerprint density at radius 3 is 2.17 bits per heavy atom. The molecular weight excluding hydrogens is 282 g/mol. The molecule has 0 aromatic heterocycles. The predicted molar refractivity (Wildman–Crippen MR) is 93.4 cm³/mol. The molecule has 0 unspecified atom stereocenters. The lowest BCUT2D eigenvalue weighted by atomic mass is 9.88. The van der Waals surface area contributed by atoms with Gasteiger partial charge in [0.25, 0.3) is 0 Å². The maximum atomic E-state index is 9.68. The van der Waals surface area contributed by atoms with Crippen molar-refractivity contribution in [2.45, 2.75) is 24.8 Å². The summed E-state index contributed by atoms with van der Waals surface area (Å²) in [5.41, 5.74) is 2.04. The molecule has 1 aliphatic rings. The summed E-state index contributed by atoms with van der Waals surface area (Å²) in [7, 11) is 0. The average Bonchev–Trinajstić information content (AvgIpc) is 2.63. The van der Waals surface area contributed by atoms with Crippen LogP contribution in [0.5, 0.6) is 0 Å². The minimum atomic E-state index is -0.405. The predicted octanol–water partition coefficient (Wildman–Crippen LogP) is 2.28. The van der Waals surface area contributed by atoms with E-state index in [0.29, 0.717) is 0 Å². The average molecular weight is 306 g/mol. The van der Waals surface area contributed by atoms with Gasteiger partial charge in [-0.15, -0.1) is 0 Å². The van der Waals surface area contributed by atoms with Crippen molar-refractivity contribution in [3.63, 3.8) is 0 Å². The van der Waals surface area contributed by atoms with Crippen molar-refractivity contribution < 1.29 is 4.90 Å². The highest BCUT2D eigenvalue weighted by Crippen LogP contribution is 2.22. The van der Waals surface area contributed by atoms with Crippen LogP contribution in [-0.4, -0.2) is 25.2 Å². The van der Waals surface area contributed by atoms with Crippen LogP contribution in [0, 0.1) is 11.3 Å². The van der Waals surface area contributed by atoms with Crippen LogP contribution in [0.25, 0.3) is 0 Å². The summed E-state index contributed by atoms with van der Waals surface area (Å²) in [6.45, 7) is 3.26. The van der Waals surface area contributed by atoms with Crippen LogP contribution in [0.1, 0.15) is 18.4 Å². The Labute approximate surface area is 138 Å². The fourth-order valence-electron chi connectivity index (χ4n) is 3.31. The van der Waals surface area contributed by atoms with Crippen LogP contribution in [0.15, 0.2) is 60.7 Å². The smallest absolute Gasteiger partial charge is 0.136 e. The third kappa shape index (κ3) is 4.12. The molecule has 1 aliphatic heterocycles. The maximum Gasteiger partial charge on any atom is 0.136 e. The second kappa shape index (κ2) is 7.30. The zero-order valence-electron chi connectivity index (χ0n) is 13.5. The maximum absolute atomic E-state index is 9.68. The molecule has 0 spiro atoms. The topological polar surface area (TPSA) is 40.3 Å². The molecule has 3 nitrogen and oxygen atoms in total. The Hall–Kier alpha value is -2.31. The molecule has 0 aliphatic carbocycles. The molecule has 3 rings (SSSR count). The van der Waals surface area contributed by atoms with E-state index in [0.717, 1.165) is 44.6 Å². The van der Waals surface area contributed by atoms with Crippen LogP contribution in [-0.2, 0) is 6.42 Å². The number of para-hydroxylation sites is 1. The fourth-order valence-corrected chi connectivity index (χ4v) is 3.31. The molecular formula is C20H24N3+. The summed E-state index contributed by atoms with van der Waals surface area (Å²) in [6.07, 6.45) is 2.92. The van der Waals surface area contributed by atoms with E-state index in [9.17, 15) is 5.26 Å². The highest BCUT2D eigenvalue weighted by atomic mass is 15.2. The minimum Gasteiger partial charge on any atom is -0.367 e. The lowest BCUT2D eigenvalue weighted by Gasteiger charge is -2.36. The number of nitrogens with one attached hydrogen (secondary N) is 2. The van der Waals surface area contributed by atoms with Crippen LogP contribution in [0.2, 0.25) is 0 Å². The summed E-state index contributed by atoms with van der Waals surface area (Å²) >= 11 is 0. The van der Waals surface area contributed by atoms with Gasteiger partial charge in [0, 0.05) is 24.9 Å². The van der Waals surface area contributed by atoms with Crippen molar-refractivity contribution in [3.8, 4) is 6.07 Å². The Kier molecular flexibility index (Phi) is 4.95. The SMILES string of the molecule is N#CC1(Nc2ccccc2)CC[NH+](CCc2ccccc2)CC1. The first-order valence-electron chi connectivity index (χ1n) is 8.42. The summed E-state index contributed by atoms with van der Waals surface area (Å²) in [4.78, 5) is 1.61. The third-order valence-electron chi connectivity index (χ3n) is 4.79. The molecule has 0 bridgehead atoms. The first-order valence-corrected chi connectivity index (χ1v) is 8.42. The van der Waals surface area contributed by atoms with E-state index in [1.54, 1.807) is 4.90 Å². The van der Waals surface area contributed by atoms with E-state index in [1.807, 2.05) is 30.3 Å². The number of rotatable bonds is 5. The molecule has 118 valence electrons. The van der Waals surface area contributed by atoms with Crippen molar-refractivity contribution in [2.24, 2.45) is 0 Å². The van der Waals surface area contributed by atoms with Crippen molar-refractivity contribution in [1.82, 2.24) is 0 Å². The van der Waals surface area contributed by atoms with Gasteiger partial charge in [-0.1, -0.05) is 48.5 Å². The number of piperidine rings is 1. The minimum absolute atomic E-state index is 0.405. The van der Waals surface area contributed by atoms with Crippen LogP contribution in [0.4, 0.5) is 5.69 Å². The molecule has 2 aromatic carbocycles. The number of benzene rings is 2. The van der Waals surface area contributed by atoms with Gasteiger partial charge in [-0.3, -0.25) is 0 Å². The zero-order valence-corrected chi connectivity index (χ0v) is 13.5.